The Bertz CT molecular complexity index is 555. The molecule has 24 heavy (non-hydrogen) atoms. The first-order valence-corrected chi connectivity index (χ1v) is 7.83. The number of esters is 2. The molecule has 7 nitrogen and oxygen atoms in total. The largest absolute Gasteiger partial charge is 0.464 e. The maximum absolute atomic E-state index is 11.8. The molecule has 1 rings (SSSR count). The Hall–Kier alpha value is -2.57. The van der Waals surface area contributed by atoms with Crippen molar-refractivity contribution in [1.82, 2.24) is 5.32 Å². The van der Waals surface area contributed by atoms with Gasteiger partial charge in [0.15, 0.2) is 0 Å². The summed E-state index contributed by atoms with van der Waals surface area (Å²) in [6.07, 6.45) is 0.511. The van der Waals surface area contributed by atoms with Crippen molar-refractivity contribution in [2.24, 2.45) is 0 Å². The van der Waals surface area contributed by atoms with Crippen LogP contribution in [0.4, 0.5) is 4.79 Å². The van der Waals surface area contributed by atoms with E-state index in [1.54, 1.807) is 31.2 Å². The molecule has 1 N–H and O–H groups in total. The fourth-order valence-corrected chi connectivity index (χ4v) is 1.93. The number of ether oxygens (including phenoxy) is 3. The number of benzene rings is 1. The lowest BCUT2D eigenvalue weighted by molar-refractivity contribution is -0.145. The molecule has 1 aromatic rings. The number of carbonyl (C=O) groups is 3. The fraction of sp³-hybridized carbons (Fsp3) is 0.471. The molecule has 1 atom stereocenters. The zero-order chi connectivity index (χ0) is 17.9. The molecule has 132 valence electrons. The average Bonchev–Trinajstić information content (AvgIpc) is 2.53. The van der Waals surface area contributed by atoms with Gasteiger partial charge in [0.25, 0.3) is 0 Å². The number of alkyl carbamates (subject to hydrolysis) is 1. The number of rotatable bonds is 8. The van der Waals surface area contributed by atoms with E-state index in [0.29, 0.717) is 12.2 Å². The highest BCUT2D eigenvalue weighted by atomic mass is 16.6. The first-order valence-electron chi connectivity index (χ1n) is 7.83. The Kier molecular flexibility index (Phi) is 8.32. The molecule has 0 radical (unpaired) electrons. The monoisotopic (exact) mass is 337 g/mol. The summed E-state index contributed by atoms with van der Waals surface area (Å²) in [6, 6.07) is 5.86. The van der Waals surface area contributed by atoms with Gasteiger partial charge in [-0.3, -0.25) is 4.79 Å². The second kappa shape index (κ2) is 10.3. The van der Waals surface area contributed by atoms with Gasteiger partial charge in [0, 0.05) is 6.92 Å². The van der Waals surface area contributed by atoms with Gasteiger partial charge >= 0.3 is 18.0 Å². The molecule has 0 aliphatic heterocycles. The molecule has 1 amide bonds. The lowest BCUT2D eigenvalue weighted by atomic mass is 10.2. The van der Waals surface area contributed by atoms with Gasteiger partial charge in [0.05, 0.1) is 6.61 Å². The third-order valence-corrected chi connectivity index (χ3v) is 3.00. The first kappa shape index (κ1) is 19.5. The molecule has 0 aliphatic rings. The van der Waals surface area contributed by atoms with Crippen LogP contribution >= 0.6 is 0 Å². The molecule has 0 aliphatic carbocycles. The Morgan fingerprint density at radius 2 is 1.75 bits per heavy atom. The van der Waals surface area contributed by atoms with Crippen LogP contribution in [0.5, 0.6) is 5.75 Å². The molecule has 7 heteroatoms. The van der Waals surface area contributed by atoms with Gasteiger partial charge in [0.1, 0.15) is 18.4 Å². The molecule has 0 aromatic heterocycles. The zero-order valence-electron chi connectivity index (χ0n) is 14.2. The van der Waals surface area contributed by atoms with E-state index in [2.05, 4.69) is 5.32 Å². The predicted molar refractivity (Wildman–Crippen MR) is 86.4 cm³/mol. The third-order valence-electron chi connectivity index (χ3n) is 3.00. The molecule has 0 fully saturated rings. The van der Waals surface area contributed by atoms with Crippen LogP contribution in [0, 0.1) is 0 Å². The van der Waals surface area contributed by atoms with Crippen molar-refractivity contribution in [3.8, 4) is 5.75 Å². The summed E-state index contributed by atoms with van der Waals surface area (Å²) in [7, 11) is 0. The molecular weight excluding hydrogens is 314 g/mol. The molecule has 1 aromatic carbocycles. The van der Waals surface area contributed by atoms with E-state index in [-0.39, 0.29) is 13.2 Å². The Balaban J connectivity index is 2.49. The van der Waals surface area contributed by atoms with E-state index < -0.39 is 24.1 Å². The summed E-state index contributed by atoms with van der Waals surface area (Å²) in [5.41, 5.74) is 0.726. The van der Waals surface area contributed by atoms with Crippen molar-refractivity contribution in [2.75, 3.05) is 6.61 Å². The van der Waals surface area contributed by atoms with Crippen LogP contribution in [0.25, 0.3) is 0 Å². The van der Waals surface area contributed by atoms with Gasteiger partial charge < -0.3 is 19.5 Å². The molecule has 0 saturated heterocycles. The van der Waals surface area contributed by atoms with Crippen molar-refractivity contribution < 1.29 is 28.6 Å². The van der Waals surface area contributed by atoms with Gasteiger partial charge in [-0.15, -0.1) is 0 Å². The van der Waals surface area contributed by atoms with Crippen LogP contribution in [-0.2, 0) is 25.7 Å². The first-order chi connectivity index (χ1) is 11.5. The van der Waals surface area contributed by atoms with E-state index >= 15 is 0 Å². The van der Waals surface area contributed by atoms with E-state index in [4.69, 9.17) is 14.2 Å². The van der Waals surface area contributed by atoms with Gasteiger partial charge in [-0.2, -0.15) is 0 Å². The highest BCUT2D eigenvalue weighted by molar-refractivity contribution is 5.81. The molecule has 0 heterocycles. The topological polar surface area (TPSA) is 90.9 Å². The minimum atomic E-state index is -0.714. The molecular formula is C17H23NO6. The van der Waals surface area contributed by atoms with E-state index in [1.165, 1.54) is 6.92 Å². The maximum Gasteiger partial charge on any atom is 0.408 e. The minimum absolute atomic E-state index is 0.0356. The number of carbonyl (C=O) groups excluding carboxylic acids is 3. The lowest BCUT2D eigenvalue weighted by Gasteiger charge is -2.16. The lowest BCUT2D eigenvalue weighted by Crippen LogP contribution is -2.42. The van der Waals surface area contributed by atoms with Crippen LogP contribution in [0.15, 0.2) is 24.3 Å². The zero-order valence-corrected chi connectivity index (χ0v) is 14.2. The van der Waals surface area contributed by atoms with E-state index in [0.717, 1.165) is 12.0 Å². The van der Waals surface area contributed by atoms with Crippen LogP contribution < -0.4 is 10.1 Å². The summed E-state index contributed by atoms with van der Waals surface area (Å²) in [4.78, 5) is 34.4. The maximum atomic E-state index is 11.8. The van der Waals surface area contributed by atoms with Crippen LogP contribution in [-0.4, -0.2) is 30.7 Å². The van der Waals surface area contributed by atoms with Gasteiger partial charge in [-0.25, -0.2) is 9.59 Å². The van der Waals surface area contributed by atoms with Crippen molar-refractivity contribution >= 4 is 18.0 Å². The number of amides is 1. The highest BCUT2D eigenvalue weighted by Crippen LogP contribution is 2.13. The number of hydrogen-bond donors (Lipinski definition) is 1. The summed E-state index contributed by atoms with van der Waals surface area (Å²) in [5.74, 6) is -0.456. The molecule has 1 unspecified atom stereocenters. The second-order valence-corrected chi connectivity index (χ2v) is 5.05. The van der Waals surface area contributed by atoms with Crippen molar-refractivity contribution in [2.45, 2.75) is 46.3 Å². The quantitative estimate of drug-likeness (QED) is 0.579. The summed E-state index contributed by atoms with van der Waals surface area (Å²) in [5, 5.41) is 2.51. The summed E-state index contributed by atoms with van der Waals surface area (Å²) in [6.45, 7) is 5.22. The molecule has 0 saturated carbocycles. The SMILES string of the molecule is CCCC(NC(=O)OCc1ccc(OC(C)=O)cc1)C(=O)OCC. The Morgan fingerprint density at radius 3 is 2.29 bits per heavy atom. The van der Waals surface area contributed by atoms with Crippen molar-refractivity contribution in [3.63, 3.8) is 0 Å². The average molecular weight is 337 g/mol. The summed E-state index contributed by atoms with van der Waals surface area (Å²) >= 11 is 0. The van der Waals surface area contributed by atoms with E-state index in [1.807, 2.05) is 6.92 Å². The Labute approximate surface area is 141 Å². The standard InChI is InChI=1S/C17H23NO6/c1-4-6-15(16(20)22-5-2)18-17(21)23-11-13-7-9-14(10-8-13)24-12(3)19/h7-10,15H,4-6,11H2,1-3H3,(H,18,21). The number of nitrogens with one attached hydrogen (secondary N) is 1. The third kappa shape index (κ3) is 7.13. The van der Waals surface area contributed by atoms with Crippen LogP contribution in [0.2, 0.25) is 0 Å². The van der Waals surface area contributed by atoms with Crippen molar-refractivity contribution in [3.05, 3.63) is 29.8 Å². The summed E-state index contributed by atoms with van der Waals surface area (Å²) < 4.78 is 14.9. The normalized spacial score (nSPS) is 11.3. The van der Waals surface area contributed by atoms with Gasteiger partial charge in [-0.1, -0.05) is 25.5 Å². The van der Waals surface area contributed by atoms with Gasteiger partial charge in [0.2, 0.25) is 0 Å². The Morgan fingerprint density at radius 1 is 1.08 bits per heavy atom. The van der Waals surface area contributed by atoms with Gasteiger partial charge in [-0.05, 0) is 31.0 Å². The molecule has 0 bridgehead atoms. The second-order valence-electron chi connectivity index (χ2n) is 5.05. The minimum Gasteiger partial charge on any atom is -0.464 e. The van der Waals surface area contributed by atoms with Crippen molar-refractivity contribution in [1.29, 1.82) is 0 Å². The fourth-order valence-electron chi connectivity index (χ4n) is 1.93. The molecule has 0 spiro atoms. The van der Waals surface area contributed by atoms with E-state index in [9.17, 15) is 14.4 Å². The van der Waals surface area contributed by atoms with Crippen LogP contribution in [0.1, 0.15) is 39.2 Å². The van der Waals surface area contributed by atoms with Crippen LogP contribution in [0.3, 0.4) is 0 Å². The highest BCUT2D eigenvalue weighted by Gasteiger charge is 2.21. The number of hydrogen-bond acceptors (Lipinski definition) is 6. The predicted octanol–water partition coefficient (Wildman–Crippen LogP) is 2.57. The smallest absolute Gasteiger partial charge is 0.408 e.